The Bertz CT molecular complexity index is 321. The topological polar surface area (TPSA) is 3.24 Å². The molecule has 76 valence electrons. The first-order valence-electron chi connectivity index (χ1n) is 4.97. The molecule has 14 heavy (non-hydrogen) atoms. The lowest BCUT2D eigenvalue weighted by molar-refractivity contribution is 0.577. The van der Waals surface area contributed by atoms with Crippen molar-refractivity contribution in [2.75, 3.05) is 18.0 Å². The van der Waals surface area contributed by atoms with E-state index in [1.54, 1.807) is 0 Å². The number of hydrogen-bond acceptors (Lipinski definition) is 1. The van der Waals surface area contributed by atoms with E-state index in [1.165, 1.54) is 46.1 Å². The molecular weight excluding hydrogens is 353 g/mol. The second-order valence-corrected chi connectivity index (χ2v) is 5.74. The van der Waals surface area contributed by atoms with Gasteiger partial charge in [0.05, 0.1) is 5.69 Å². The summed E-state index contributed by atoms with van der Waals surface area (Å²) in [5.41, 5.74) is 1.35. The standard InChI is InChI=1S/C11H13BrIN/c12-10-8-9(13)4-5-11(10)14-6-2-1-3-7-14/h4-5,8H,1-3,6-7H2. The Balaban J connectivity index is 2.22. The van der Waals surface area contributed by atoms with E-state index in [4.69, 9.17) is 0 Å². The second-order valence-electron chi connectivity index (χ2n) is 3.64. The molecule has 0 unspecified atom stereocenters. The molecule has 0 spiro atoms. The highest BCUT2D eigenvalue weighted by atomic mass is 127. The van der Waals surface area contributed by atoms with Crippen LogP contribution in [0.4, 0.5) is 5.69 Å². The Morgan fingerprint density at radius 3 is 2.50 bits per heavy atom. The van der Waals surface area contributed by atoms with Gasteiger partial charge in [0.25, 0.3) is 0 Å². The summed E-state index contributed by atoms with van der Waals surface area (Å²) in [5, 5.41) is 0. The van der Waals surface area contributed by atoms with Crippen molar-refractivity contribution in [2.24, 2.45) is 0 Å². The first-order chi connectivity index (χ1) is 6.77. The minimum Gasteiger partial charge on any atom is -0.371 e. The fraction of sp³-hybridized carbons (Fsp3) is 0.455. The molecule has 1 saturated heterocycles. The number of anilines is 1. The van der Waals surface area contributed by atoms with Gasteiger partial charge >= 0.3 is 0 Å². The summed E-state index contributed by atoms with van der Waals surface area (Å²) < 4.78 is 2.52. The summed E-state index contributed by atoms with van der Waals surface area (Å²) in [4.78, 5) is 2.48. The Morgan fingerprint density at radius 1 is 1.14 bits per heavy atom. The highest BCUT2D eigenvalue weighted by Crippen LogP contribution is 2.29. The normalized spacial score (nSPS) is 17.1. The minimum absolute atomic E-state index is 1.21. The lowest BCUT2D eigenvalue weighted by atomic mass is 10.1. The molecule has 1 aliphatic rings. The van der Waals surface area contributed by atoms with Crippen molar-refractivity contribution in [3.8, 4) is 0 Å². The van der Waals surface area contributed by atoms with Gasteiger partial charge in [0.1, 0.15) is 0 Å². The van der Waals surface area contributed by atoms with Gasteiger partial charge in [0, 0.05) is 21.1 Å². The molecule has 2 rings (SSSR count). The van der Waals surface area contributed by atoms with Gasteiger partial charge in [-0.2, -0.15) is 0 Å². The van der Waals surface area contributed by atoms with E-state index in [1.807, 2.05) is 0 Å². The largest absolute Gasteiger partial charge is 0.371 e. The van der Waals surface area contributed by atoms with Gasteiger partial charge in [-0.25, -0.2) is 0 Å². The van der Waals surface area contributed by atoms with E-state index in [2.05, 4.69) is 61.6 Å². The Hall–Kier alpha value is 0.230. The molecule has 1 fully saturated rings. The van der Waals surface area contributed by atoms with Crippen LogP contribution in [0, 0.1) is 3.57 Å². The maximum atomic E-state index is 3.64. The van der Waals surface area contributed by atoms with Crippen LogP contribution in [0.5, 0.6) is 0 Å². The van der Waals surface area contributed by atoms with Crippen LogP contribution in [0.15, 0.2) is 22.7 Å². The van der Waals surface area contributed by atoms with E-state index in [0.717, 1.165) is 0 Å². The first kappa shape index (κ1) is 10.7. The van der Waals surface area contributed by atoms with Crippen LogP contribution in [0.3, 0.4) is 0 Å². The monoisotopic (exact) mass is 365 g/mol. The number of halogens is 2. The average molecular weight is 366 g/mol. The predicted molar refractivity (Wildman–Crippen MR) is 72.9 cm³/mol. The van der Waals surface area contributed by atoms with Crippen LogP contribution in [0.25, 0.3) is 0 Å². The molecule has 3 heteroatoms. The summed E-state index contributed by atoms with van der Waals surface area (Å²) in [6.45, 7) is 2.42. The molecule has 1 heterocycles. The van der Waals surface area contributed by atoms with Crippen molar-refractivity contribution in [3.05, 3.63) is 26.2 Å². The van der Waals surface area contributed by atoms with E-state index >= 15 is 0 Å². The van der Waals surface area contributed by atoms with Crippen molar-refractivity contribution in [3.63, 3.8) is 0 Å². The molecule has 0 aliphatic carbocycles. The number of rotatable bonds is 1. The second kappa shape index (κ2) is 4.84. The molecule has 0 bridgehead atoms. The van der Waals surface area contributed by atoms with Crippen LogP contribution in [0.2, 0.25) is 0 Å². The molecule has 1 aromatic carbocycles. The van der Waals surface area contributed by atoms with Crippen molar-refractivity contribution < 1.29 is 0 Å². The zero-order valence-electron chi connectivity index (χ0n) is 7.97. The third-order valence-electron chi connectivity index (χ3n) is 2.61. The third-order valence-corrected chi connectivity index (χ3v) is 3.91. The molecule has 0 saturated carbocycles. The third kappa shape index (κ3) is 2.42. The summed E-state index contributed by atoms with van der Waals surface area (Å²) in [7, 11) is 0. The molecule has 0 N–H and O–H groups in total. The fourth-order valence-corrected chi connectivity index (χ4v) is 3.42. The Morgan fingerprint density at radius 2 is 1.86 bits per heavy atom. The average Bonchev–Trinajstić information content (AvgIpc) is 2.19. The molecular formula is C11H13BrIN. The smallest absolute Gasteiger partial charge is 0.0511 e. The summed E-state index contributed by atoms with van der Waals surface area (Å²) >= 11 is 5.98. The zero-order valence-corrected chi connectivity index (χ0v) is 11.7. The number of nitrogens with zero attached hydrogens (tertiary/aromatic N) is 1. The number of piperidine rings is 1. The molecule has 0 amide bonds. The van der Waals surface area contributed by atoms with Crippen LogP contribution in [-0.4, -0.2) is 13.1 Å². The van der Waals surface area contributed by atoms with Crippen LogP contribution in [-0.2, 0) is 0 Å². The van der Waals surface area contributed by atoms with Crippen LogP contribution < -0.4 is 4.90 Å². The Kier molecular flexibility index (Phi) is 3.71. The Labute approximate surface area is 107 Å². The maximum absolute atomic E-state index is 3.64. The number of hydrogen-bond donors (Lipinski definition) is 0. The quantitative estimate of drug-likeness (QED) is 0.679. The van der Waals surface area contributed by atoms with Gasteiger partial charge in [0.15, 0.2) is 0 Å². The zero-order chi connectivity index (χ0) is 9.97. The van der Waals surface area contributed by atoms with Gasteiger partial charge in [-0.3, -0.25) is 0 Å². The first-order valence-corrected chi connectivity index (χ1v) is 6.84. The van der Waals surface area contributed by atoms with E-state index in [-0.39, 0.29) is 0 Å². The predicted octanol–water partition coefficient (Wildman–Crippen LogP) is 4.04. The van der Waals surface area contributed by atoms with Crippen molar-refractivity contribution in [1.82, 2.24) is 0 Å². The lowest BCUT2D eigenvalue weighted by Crippen LogP contribution is -2.29. The minimum atomic E-state index is 1.21. The van der Waals surface area contributed by atoms with Gasteiger partial charge in [0.2, 0.25) is 0 Å². The van der Waals surface area contributed by atoms with Gasteiger partial charge in [-0.05, 0) is 76.0 Å². The molecule has 0 aromatic heterocycles. The molecule has 1 aromatic rings. The summed E-state index contributed by atoms with van der Waals surface area (Å²) in [5.74, 6) is 0. The van der Waals surface area contributed by atoms with Gasteiger partial charge < -0.3 is 4.90 Å². The molecule has 0 radical (unpaired) electrons. The van der Waals surface area contributed by atoms with E-state index in [9.17, 15) is 0 Å². The van der Waals surface area contributed by atoms with Crippen molar-refractivity contribution >= 4 is 44.2 Å². The fourth-order valence-electron chi connectivity index (χ4n) is 1.87. The van der Waals surface area contributed by atoms with Crippen molar-refractivity contribution in [2.45, 2.75) is 19.3 Å². The highest BCUT2D eigenvalue weighted by molar-refractivity contribution is 14.1. The summed E-state index contributed by atoms with van der Waals surface area (Å²) in [6, 6.07) is 6.58. The van der Waals surface area contributed by atoms with E-state index in [0.29, 0.717) is 0 Å². The maximum Gasteiger partial charge on any atom is 0.0511 e. The van der Waals surface area contributed by atoms with Gasteiger partial charge in [-0.1, -0.05) is 0 Å². The van der Waals surface area contributed by atoms with E-state index < -0.39 is 0 Å². The van der Waals surface area contributed by atoms with Gasteiger partial charge in [-0.15, -0.1) is 0 Å². The van der Waals surface area contributed by atoms with Crippen molar-refractivity contribution in [1.29, 1.82) is 0 Å². The van der Waals surface area contributed by atoms with Crippen LogP contribution >= 0.6 is 38.5 Å². The van der Waals surface area contributed by atoms with Crippen LogP contribution in [0.1, 0.15) is 19.3 Å². The molecule has 1 aliphatic heterocycles. The number of benzene rings is 1. The highest BCUT2D eigenvalue weighted by Gasteiger charge is 2.13. The summed E-state index contributed by atoms with van der Waals surface area (Å²) in [6.07, 6.45) is 4.05. The SMILES string of the molecule is Brc1cc(I)ccc1N1CCCCC1. The molecule has 0 atom stereocenters. The molecule has 1 nitrogen and oxygen atoms in total. The lowest BCUT2D eigenvalue weighted by Gasteiger charge is -2.29.